The van der Waals surface area contributed by atoms with Crippen molar-refractivity contribution in [1.82, 2.24) is 5.32 Å². The maximum Gasteiger partial charge on any atom is 0.352 e. The summed E-state index contributed by atoms with van der Waals surface area (Å²) in [5.74, 6) is -1.40. The molecular weight excluding hydrogens is 306 g/mol. The number of methoxy groups -OCH3 is 1. The largest absolute Gasteiger partial charge is 0.496 e. The third kappa shape index (κ3) is 4.58. The summed E-state index contributed by atoms with van der Waals surface area (Å²) in [6, 6.07) is 16.0. The van der Waals surface area contributed by atoms with E-state index in [2.05, 4.69) is 5.32 Å². The number of aliphatic carboxylic acids is 1. The first-order valence-electron chi connectivity index (χ1n) is 7.23. The van der Waals surface area contributed by atoms with Crippen molar-refractivity contribution in [3.8, 4) is 5.75 Å². The van der Waals surface area contributed by atoms with E-state index >= 15 is 0 Å². The maximum absolute atomic E-state index is 12.3. The number of carboxylic acid groups (broad SMARTS) is 1. The number of para-hydroxylation sites is 1. The van der Waals surface area contributed by atoms with Crippen LogP contribution in [0.1, 0.15) is 15.9 Å². The highest BCUT2D eigenvalue weighted by molar-refractivity contribution is 6.02. The van der Waals surface area contributed by atoms with Crippen LogP contribution in [-0.2, 0) is 4.79 Å². The zero-order chi connectivity index (χ0) is 17.4. The number of carbonyl (C=O) groups excluding carboxylic acids is 1. The normalized spacial score (nSPS) is 11.3. The van der Waals surface area contributed by atoms with E-state index in [1.807, 2.05) is 30.3 Å². The molecule has 0 saturated heterocycles. The molecule has 0 fully saturated rings. The van der Waals surface area contributed by atoms with E-state index in [0.29, 0.717) is 5.75 Å². The Morgan fingerprint density at radius 1 is 1.04 bits per heavy atom. The zero-order valence-electron chi connectivity index (χ0n) is 13.1. The molecule has 0 bridgehead atoms. The summed E-state index contributed by atoms with van der Waals surface area (Å²) < 4.78 is 5.11. The van der Waals surface area contributed by atoms with E-state index in [1.54, 1.807) is 36.4 Å². The molecule has 2 N–H and O–H groups in total. The minimum absolute atomic E-state index is 0.224. The van der Waals surface area contributed by atoms with Gasteiger partial charge in [0.1, 0.15) is 11.4 Å². The molecule has 0 spiro atoms. The minimum atomic E-state index is -1.23. The molecule has 0 aromatic heterocycles. The molecule has 0 atom stereocenters. The van der Waals surface area contributed by atoms with E-state index in [9.17, 15) is 14.7 Å². The van der Waals surface area contributed by atoms with Gasteiger partial charge in [-0.1, -0.05) is 54.6 Å². The number of amides is 1. The lowest BCUT2D eigenvalue weighted by molar-refractivity contribution is -0.133. The molecule has 0 aliphatic carbocycles. The first kappa shape index (κ1) is 17.0. The van der Waals surface area contributed by atoms with E-state index in [1.165, 1.54) is 13.2 Å². The number of carboxylic acids is 1. The van der Waals surface area contributed by atoms with Crippen LogP contribution in [0.2, 0.25) is 0 Å². The van der Waals surface area contributed by atoms with Crippen LogP contribution < -0.4 is 10.1 Å². The fourth-order valence-electron chi connectivity index (χ4n) is 2.01. The summed E-state index contributed by atoms with van der Waals surface area (Å²) in [5.41, 5.74) is 0.965. The van der Waals surface area contributed by atoms with Crippen molar-refractivity contribution in [2.45, 2.75) is 0 Å². The first-order chi connectivity index (χ1) is 11.6. The molecule has 1 amide bonds. The SMILES string of the molecule is COc1ccccc1C(=O)N/C(=C\C=C/c1ccccc1)C(=O)O. The summed E-state index contributed by atoms with van der Waals surface area (Å²) >= 11 is 0. The van der Waals surface area contributed by atoms with E-state index in [0.717, 1.165) is 5.56 Å². The molecule has 0 aliphatic rings. The predicted octanol–water partition coefficient (Wildman–Crippen LogP) is 3.11. The Balaban J connectivity index is 2.16. The van der Waals surface area contributed by atoms with Gasteiger partial charge in [0.2, 0.25) is 0 Å². The number of ether oxygens (including phenoxy) is 1. The fourth-order valence-corrected chi connectivity index (χ4v) is 2.01. The quantitative estimate of drug-likeness (QED) is 0.633. The number of hydrogen-bond donors (Lipinski definition) is 2. The molecule has 2 aromatic rings. The Morgan fingerprint density at radius 2 is 1.71 bits per heavy atom. The van der Waals surface area contributed by atoms with Gasteiger partial charge in [-0.3, -0.25) is 4.79 Å². The van der Waals surface area contributed by atoms with Gasteiger partial charge in [-0.05, 0) is 23.8 Å². The van der Waals surface area contributed by atoms with E-state index in [4.69, 9.17) is 4.74 Å². The number of carbonyl (C=O) groups is 2. The Kier molecular flexibility index (Phi) is 5.91. The molecule has 5 nitrogen and oxygen atoms in total. The second kappa shape index (κ2) is 8.33. The van der Waals surface area contributed by atoms with Crippen molar-refractivity contribution in [2.24, 2.45) is 0 Å². The highest BCUT2D eigenvalue weighted by Crippen LogP contribution is 2.17. The van der Waals surface area contributed by atoms with Crippen molar-refractivity contribution < 1.29 is 19.4 Å². The lowest BCUT2D eigenvalue weighted by Gasteiger charge is -2.09. The van der Waals surface area contributed by atoms with Crippen molar-refractivity contribution in [1.29, 1.82) is 0 Å². The third-order valence-electron chi connectivity index (χ3n) is 3.18. The monoisotopic (exact) mass is 323 g/mol. The Labute approximate surface area is 139 Å². The van der Waals surface area contributed by atoms with Gasteiger partial charge in [0.05, 0.1) is 12.7 Å². The predicted molar refractivity (Wildman–Crippen MR) is 91.7 cm³/mol. The van der Waals surface area contributed by atoms with Gasteiger partial charge in [0, 0.05) is 0 Å². The number of rotatable bonds is 6. The minimum Gasteiger partial charge on any atom is -0.496 e. The molecular formula is C19H17NO4. The van der Waals surface area contributed by atoms with Gasteiger partial charge in [0.15, 0.2) is 0 Å². The first-order valence-corrected chi connectivity index (χ1v) is 7.23. The van der Waals surface area contributed by atoms with Crippen molar-refractivity contribution in [3.05, 3.63) is 83.6 Å². The summed E-state index contributed by atoms with van der Waals surface area (Å²) in [4.78, 5) is 23.6. The van der Waals surface area contributed by atoms with Crippen LogP contribution in [0.5, 0.6) is 5.75 Å². The second-order valence-electron chi connectivity index (χ2n) is 4.81. The summed E-state index contributed by atoms with van der Waals surface area (Å²) in [6.45, 7) is 0. The van der Waals surface area contributed by atoms with Gasteiger partial charge in [0.25, 0.3) is 5.91 Å². The molecule has 24 heavy (non-hydrogen) atoms. The van der Waals surface area contributed by atoms with Gasteiger partial charge in [-0.25, -0.2) is 4.79 Å². The van der Waals surface area contributed by atoms with Crippen LogP contribution in [0, 0.1) is 0 Å². The summed E-state index contributed by atoms with van der Waals surface area (Å²) in [7, 11) is 1.45. The second-order valence-corrected chi connectivity index (χ2v) is 4.81. The lowest BCUT2D eigenvalue weighted by atomic mass is 10.2. The molecule has 0 saturated carbocycles. The zero-order valence-corrected chi connectivity index (χ0v) is 13.1. The molecule has 5 heteroatoms. The number of allylic oxidation sites excluding steroid dienone is 2. The average Bonchev–Trinajstić information content (AvgIpc) is 2.61. The molecule has 122 valence electrons. The Hall–Kier alpha value is -3.34. The van der Waals surface area contributed by atoms with Crippen LogP contribution in [-0.4, -0.2) is 24.1 Å². The number of nitrogens with one attached hydrogen (secondary N) is 1. The molecule has 2 aromatic carbocycles. The molecule has 0 heterocycles. The smallest absolute Gasteiger partial charge is 0.352 e. The maximum atomic E-state index is 12.3. The van der Waals surface area contributed by atoms with Gasteiger partial charge in [-0.15, -0.1) is 0 Å². The number of hydrogen-bond acceptors (Lipinski definition) is 3. The van der Waals surface area contributed by atoms with Crippen LogP contribution in [0.25, 0.3) is 6.08 Å². The Bertz CT molecular complexity index is 779. The lowest BCUT2D eigenvalue weighted by Crippen LogP contribution is -2.27. The van der Waals surface area contributed by atoms with Crippen molar-refractivity contribution >= 4 is 18.0 Å². The molecule has 2 rings (SSSR count). The average molecular weight is 323 g/mol. The molecule has 0 aliphatic heterocycles. The van der Waals surface area contributed by atoms with Crippen LogP contribution >= 0.6 is 0 Å². The summed E-state index contributed by atoms with van der Waals surface area (Å²) in [5, 5.41) is 11.6. The highest BCUT2D eigenvalue weighted by Gasteiger charge is 2.15. The van der Waals surface area contributed by atoms with Crippen molar-refractivity contribution in [2.75, 3.05) is 7.11 Å². The molecule has 0 radical (unpaired) electrons. The molecule has 0 unspecified atom stereocenters. The van der Waals surface area contributed by atoms with Gasteiger partial charge >= 0.3 is 5.97 Å². The van der Waals surface area contributed by atoms with Crippen LogP contribution in [0.15, 0.2) is 72.4 Å². The highest BCUT2D eigenvalue weighted by atomic mass is 16.5. The Morgan fingerprint density at radius 3 is 2.38 bits per heavy atom. The third-order valence-corrected chi connectivity index (χ3v) is 3.18. The van der Waals surface area contributed by atoms with Gasteiger partial charge < -0.3 is 15.2 Å². The van der Waals surface area contributed by atoms with Gasteiger partial charge in [-0.2, -0.15) is 0 Å². The van der Waals surface area contributed by atoms with Crippen LogP contribution in [0.3, 0.4) is 0 Å². The standard InChI is InChI=1S/C19H17NO4/c1-24-17-13-6-5-11-15(17)18(21)20-16(19(22)23)12-7-10-14-8-3-2-4-9-14/h2-13H,1H3,(H,20,21)(H,22,23)/b10-7-,16-12-. The van der Waals surface area contributed by atoms with Crippen molar-refractivity contribution in [3.63, 3.8) is 0 Å². The van der Waals surface area contributed by atoms with E-state index < -0.39 is 11.9 Å². The summed E-state index contributed by atoms with van der Waals surface area (Å²) in [6.07, 6.45) is 4.65. The van der Waals surface area contributed by atoms with Crippen LogP contribution in [0.4, 0.5) is 0 Å². The van der Waals surface area contributed by atoms with E-state index in [-0.39, 0.29) is 11.3 Å². The topological polar surface area (TPSA) is 75.6 Å². The number of benzene rings is 2. The fraction of sp³-hybridized carbons (Fsp3) is 0.0526.